The van der Waals surface area contributed by atoms with Crippen molar-refractivity contribution in [1.82, 2.24) is 9.97 Å². The summed E-state index contributed by atoms with van der Waals surface area (Å²) in [6, 6.07) is 3.30. The van der Waals surface area contributed by atoms with Gasteiger partial charge in [0.15, 0.2) is 5.78 Å². The van der Waals surface area contributed by atoms with Gasteiger partial charge in [-0.2, -0.15) is 0 Å². The maximum atomic E-state index is 12.5. The first-order chi connectivity index (χ1) is 10.4. The molecule has 0 fully saturated rings. The van der Waals surface area contributed by atoms with Crippen molar-refractivity contribution in [3.63, 3.8) is 0 Å². The van der Waals surface area contributed by atoms with Crippen LogP contribution in [0.2, 0.25) is 0 Å². The van der Waals surface area contributed by atoms with E-state index in [1.54, 1.807) is 19.1 Å². The molecule has 0 aliphatic heterocycles. The molecular weight excluding hydrogens is 316 g/mol. The van der Waals surface area contributed by atoms with E-state index in [4.69, 9.17) is 5.73 Å². The van der Waals surface area contributed by atoms with E-state index in [2.05, 4.69) is 15.3 Å². The van der Waals surface area contributed by atoms with Crippen LogP contribution in [0, 0.1) is 6.92 Å². The number of amides is 1. The average Bonchev–Trinajstić information content (AvgIpc) is 2.79. The maximum Gasteiger partial charge on any atom is 0.272 e. The minimum absolute atomic E-state index is 0. The van der Waals surface area contributed by atoms with Crippen molar-refractivity contribution in [1.29, 1.82) is 0 Å². The van der Waals surface area contributed by atoms with Crippen molar-refractivity contribution < 1.29 is 9.59 Å². The number of nitrogens with zero attached hydrogens (tertiary/aromatic N) is 1. The smallest absolute Gasteiger partial charge is 0.272 e. The first-order valence-corrected chi connectivity index (χ1v) is 7.19. The van der Waals surface area contributed by atoms with Crippen LogP contribution in [-0.4, -0.2) is 21.7 Å². The number of carbonyl (C=O) groups excluding carboxylic acids is 2. The second kappa shape index (κ2) is 7.78. The van der Waals surface area contributed by atoms with Crippen molar-refractivity contribution in [3.05, 3.63) is 40.8 Å². The number of nitrogen functional groups attached to an aromatic ring is 1. The Balaban J connectivity index is 0.00000264. The highest BCUT2D eigenvalue weighted by Gasteiger charge is 2.22. The summed E-state index contributed by atoms with van der Waals surface area (Å²) in [5, 5.41) is 2.76. The quantitative estimate of drug-likeness (QED) is 0.730. The lowest BCUT2D eigenvalue weighted by Crippen LogP contribution is -2.15. The van der Waals surface area contributed by atoms with Gasteiger partial charge in [-0.25, -0.2) is 4.98 Å². The number of H-pyrrole nitrogens is 1. The lowest BCUT2D eigenvalue weighted by molar-refractivity contribution is 0.101. The largest absolute Gasteiger partial charge is 0.384 e. The second-order valence-electron chi connectivity index (χ2n) is 5.21. The van der Waals surface area contributed by atoms with E-state index in [9.17, 15) is 9.59 Å². The number of halogens is 1. The summed E-state index contributed by atoms with van der Waals surface area (Å²) in [6.45, 7) is 5.33. The molecule has 0 saturated heterocycles. The van der Waals surface area contributed by atoms with E-state index in [1.165, 1.54) is 13.1 Å². The molecule has 2 aromatic heterocycles. The maximum absolute atomic E-state index is 12.5. The Morgan fingerprint density at radius 2 is 2.04 bits per heavy atom. The molecule has 0 saturated carbocycles. The number of anilines is 2. The molecule has 0 aliphatic rings. The van der Waals surface area contributed by atoms with Gasteiger partial charge in [0.25, 0.3) is 5.91 Å². The van der Waals surface area contributed by atoms with E-state index in [-0.39, 0.29) is 24.1 Å². The predicted octanol–water partition coefficient (Wildman–Crippen LogP) is 3.13. The molecule has 0 aromatic carbocycles. The van der Waals surface area contributed by atoms with Crippen LogP contribution in [0.5, 0.6) is 0 Å². The molecule has 23 heavy (non-hydrogen) atoms. The molecule has 0 atom stereocenters. The fraction of sp³-hybridized carbons (Fsp3) is 0.312. The van der Waals surface area contributed by atoms with Crippen molar-refractivity contribution in [2.75, 3.05) is 11.1 Å². The molecule has 6 nitrogen and oxygen atoms in total. The number of nitrogens with two attached hydrogens (primary N) is 1. The highest BCUT2D eigenvalue weighted by atomic mass is 35.5. The van der Waals surface area contributed by atoms with Crippen LogP contribution in [-0.2, 0) is 6.42 Å². The number of ketones is 1. The molecule has 2 aromatic rings. The number of carbonyl (C=O) groups is 2. The van der Waals surface area contributed by atoms with Gasteiger partial charge in [0.05, 0.1) is 11.9 Å². The first kappa shape index (κ1) is 18.7. The van der Waals surface area contributed by atoms with Crippen molar-refractivity contribution >= 4 is 35.6 Å². The SMILES string of the molecule is CCCc1c(C(=O)Nc2ccc(N)nc2)[nH]c(C)c1C(C)=O.Cl. The number of hydrogen-bond acceptors (Lipinski definition) is 4. The molecule has 124 valence electrons. The molecule has 2 heterocycles. The minimum atomic E-state index is -0.286. The van der Waals surface area contributed by atoms with Gasteiger partial charge < -0.3 is 16.0 Å². The Hall–Kier alpha value is -2.34. The molecule has 0 bridgehead atoms. The number of rotatable bonds is 5. The third kappa shape index (κ3) is 4.10. The van der Waals surface area contributed by atoms with Crippen LogP contribution in [0.25, 0.3) is 0 Å². The Labute approximate surface area is 141 Å². The highest BCUT2D eigenvalue weighted by Crippen LogP contribution is 2.22. The monoisotopic (exact) mass is 336 g/mol. The highest BCUT2D eigenvalue weighted by molar-refractivity contribution is 6.07. The van der Waals surface area contributed by atoms with Gasteiger partial charge in [0.1, 0.15) is 11.5 Å². The Morgan fingerprint density at radius 1 is 1.35 bits per heavy atom. The zero-order chi connectivity index (χ0) is 16.3. The molecule has 0 unspecified atom stereocenters. The fourth-order valence-corrected chi connectivity index (χ4v) is 2.52. The van der Waals surface area contributed by atoms with Gasteiger partial charge in [-0.15, -0.1) is 12.4 Å². The first-order valence-electron chi connectivity index (χ1n) is 7.19. The molecule has 0 aliphatic carbocycles. The number of aromatic amines is 1. The third-order valence-electron chi connectivity index (χ3n) is 3.41. The Morgan fingerprint density at radius 3 is 2.57 bits per heavy atom. The molecular formula is C16H21ClN4O2. The van der Waals surface area contributed by atoms with Crippen LogP contribution in [0.1, 0.15) is 52.4 Å². The molecule has 1 amide bonds. The van der Waals surface area contributed by atoms with E-state index in [0.717, 1.165) is 17.7 Å². The van der Waals surface area contributed by atoms with Crippen LogP contribution in [0.4, 0.5) is 11.5 Å². The normalized spacial score (nSPS) is 10.0. The van der Waals surface area contributed by atoms with Crippen LogP contribution >= 0.6 is 12.4 Å². The number of Topliss-reactive ketones (excluding diaryl/α,β-unsaturated/α-hetero) is 1. The summed E-state index contributed by atoms with van der Waals surface area (Å²) in [5.41, 5.74) is 8.61. The summed E-state index contributed by atoms with van der Waals surface area (Å²) < 4.78 is 0. The van der Waals surface area contributed by atoms with Gasteiger partial charge in [-0.3, -0.25) is 9.59 Å². The van der Waals surface area contributed by atoms with Gasteiger partial charge in [-0.05, 0) is 38.0 Å². The fourth-order valence-electron chi connectivity index (χ4n) is 2.52. The zero-order valence-electron chi connectivity index (χ0n) is 13.4. The molecule has 7 heteroatoms. The van der Waals surface area contributed by atoms with Gasteiger partial charge in [0, 0.05) is 11.3 Å². The summed E-state index contributed by atoms with van der Waals surface area (Å²) in [4.78, 5) is 31.3. The standard InChI is InChI=1S/C16H20N4O2.ClH/c1-4-5-12-14(10(3)21)9(2)19-15(12)16(22)20-11-6-7-13(17)18-8-11;/h6-8,19H,4-5H2,1-3H3,(H2,17,18)(H,20,22);1H. The summed E-state index contributed by atoms with van der Waals surface area (Å²) >= 11 is 0. The number of aryl methyl sites for hydroxylation is 1. The molecule has 0 radical (unpaired) electrons. The number of aromatic nitrogens is 2. The van der Waals surface area contributed by atoms with E-state index in [0.29, 0.717) is 29.2 Å². The zero-order valence-corrected chi connectivity index (χ0v) is 14.2. The van der Waals surface area contributed by atoms with Gasteiger partial charge >= 0.3 is 0 Å². The number of nitrogens with one attached hydrogen (secondary N) is 2. The van der Waals surface area contributed by atoms with E-state index >= 15 is 0 Å². The number of hydrogen-bond donors (Lipinski definition) is 3. The van der Waals surface area contributed by atoms with Gasteiger partial charge in [0.2, 0.25) is 0 Å². The summed E-state index contributed by atoms with van der Waals surface area (Å²) in [7, 11) is 0. The third-order valence-corrected chi connectivity index (χ3v) is 3.41. The number of pyridine rings is 1. The van der Waals surface area contributed by atoms with Gasteiger partial charge in [-0.1, -0.05) is 13.3 Å². The summed E-state index contributed by atoms with van der Waals surface area (Å²) in [6.07, 6.45) is 3.01. The van der Waals surface area contributed by atoms with Crippen LogP contribution < -0.4 is 11.1 Å². The minimum Gasteiger partial charge on any atom is -0.384 e. The molecule has 2 rings (SSSR count). The molecule has 4 N–H and O–H groups in total. The summed E-state index contributed by atoms with van der Waals surface area (Å²) in [5.74, 6) is 0.0651. The van der Waals surface area contributed by atoms with Crippen molar-refractivity contribution in [3.8, 4) is 0 Å². The average molecular weight is 337 g/mol. The predicted molar refractivity (Wildman–Crippen MR) is 93.4 cm³/mol. The van der Waals surface area contributed by atoms with Crippen LogP contribution in [0.3, 0.4) is 0 Å². The lowest BCUT2D eigenvalue weighted by Gasteiger charge is -2.07. The van der Waals surface area contributed by atoms with Crippen molar-refractivity contribution in [2.45, 2.75) is 33.6 Å². The van der Waals surface area contributed by atoms with E-state index in [1.807, 2.05) is 6.92 Å². The topological polar surface area (TPSA) is 101 Å². The molecule has 0 spiro atoms. The lowest BCUT2D eigenvalue weighted by atomic mass is 10.0. The Bertz CT molecular complexity index is 708. The van der Waals surface area contributed by atoms with Crippen molar-refractivity contribution in [2.24, 2.45) is 0 Å². The Kier molecular flexibility index (Phi) is 6.33. The second-order valence-corrected chi connectivity index (χ2v) is 5.21. The van der Waals surface area contributed by atoms with E-state index < -0.39 is 0 Å². The van der Waals surface area contributed by atoms with Crippen LogP contribution in [0.15, 0.2) is 18.3 Å².